The Morgan fingerprint density at radius 1 is 1.43 bits per heavy atom. The Morgan fingerprint density at radius 2 is 2.07 bits per heavy atom. The summed E-state index contributed by atoms with van der Waals surface area (Å²) in [5.41, 5.74) is 8.89. The maximum atomic E-state index is 9.71. The molecule has 1 aliphatic rings. The van der Waals surface area contributed by atoms with Crippen LogP contribution in [-0.2, 0) is 24.4 Å². The molecule has 1 unspecified atom stereocenters. The summed E-state index contributed by atoms with van der Waals surface area (Å²) in [7, 11) is 0. The molecule has 2 rings (SSSR count). The van der Waals surface area contributed by atoms with E-state index in [1.165, 1.54) is 5.56 Å². The van der Waals surface area contributed by atoms with Crippen molar-refractivity contribution < 1.29 is 9.84 Å². The lowest BCUT2D eigenvalue weighted by Crippen LogP contribution is -2.17. The van der Waals surface area contributed by atoms with Crippen molar-refractivity contribution in [2.24, 2.45) is 5.73 Å². The Balaban J connectivity index is 2.32. The van der Waals surface area contributed by atoms with Crippen molar-refractivity contribution in [3.8, 4) is 5.75 Å². The molecular weight excluding hydrogens is 178 g/mol. The molecule has 3 N–H and O–H groups in total. The van der Waals surface area contributed by atoms with E-state index in [1.807, 2.05) is 13.0 Å². The van der Waals surface area contributed by atoms with E-state index < -0.39 is 0 Å². The second kappa shape index (κ2) is 3.59. The van der Waals surface area contributed by atoms with Crippen molar-refractivity contribution in [2.45, 2.75) is 32.6 Å². The van der Waals surface area contributed by atoms with Crippen LogP contribution in [0.2, 0.25) is 0 Å². The van der Waals surface area contributed by atoms with Crippen LogP contribution in [0.25, 0.3) is 0 Å². The van der Waals surface area contributed by atoms with Gasteiger partial charge in [-0.25, -0.2) is 0 Å². The lowest BCUT2D eigenvalue weighted by molar-refractivity contribution is 0.134. The van der Waals surface area contributed by atoms with Gasteiger partial charge in [0, 0.05) is 6.04 Å². The van der Waals surface area contributed by atoms with Crippen LogP contribution < -0.4 is 5.73 Å². The normalized spacial score (nSPS) is 16.7. The summed E-state index contributed by atoms with van der Waals surface area (Å²) in [6.45, 7) is 3.20. The molecule has 14 heavy (non-hydrogen) atoms. The van der Waals surface area contributed by atoms with Gasteiger partial charge in [0.2, 0.25) is 0 Å². The molecule has 1 heterocycles. The van der Waals surface area contributed by atoms with Crippen molar-refractivity contribution >= 4 is 0 Å². The zero-order valence-corrected chi connectivity index (χ0v) is 8.29. The molecule has 1 atom stereocenters. The molecule has 0 radical (unpaired) electrons. The van der Waals surface area contributed by atoms with Gasteiger partial charge in [0.05, 0.1) is 13.2 Å². The Hall–Kier alpha value is -1.06. The summed E-state index contributed by atoms with van der Waals surface area (Å²) >= 11 is 0. The van der Waals surface area contributed by atoms with Gasteiger partial charge in [-0.15, -0.1) is 0 Å². The summed E-state index contributed by atoms with van der Waals surface area (Å²) in [6.07, 6.45) is 0.707. The zero-order valence-electron chi connectivity index (χ0n) is 8.29. The van der Waals surface area contributed by atoms with Crippen LogP contribution in [0.3, 0.4) is 0 Å². The van der Waals surface area contributed by atoms with Gasteiger partial charge in [0.15, 0.2) is 0 Å². The van der Waals surface area contributed by atoms with Gasteiger partial charge in [0.25, 0.3) is 0 Å². The average Bonchev–Trinajstić information content (AvgIpc) is 2.51. The van der Waals surface area contributed by atoms with Crippen molar-refractivity contribution in [2.75, 3.05) is 0 Å². The standard InChI is InChI=1S/C11H15NO2/c1-7(12)2-8-3-9-5-14-6-10(9)4-11(8)13/h3-4,7,13H,2,5-6,12H2,1H3. The first kappa shape index (κ1) is 9.49. The molecule has 0 aliphatic carbocycles. The van der Waals surface area contributed by atoms with Gasteiger partial charge in [0.1, 0.15) is 5.75 Å². The fourth-order valence-electron chi connectivity index (χ4n) is 1.78. The SMILES string of the molecule is CC(N)Cc1cc2c(cc1O)COC2. The Kier molecular flexibility index (Phi) is 2.44. The van der Waals surface area contributed by atoms with Crippen LogP contribution in [-0.4, -0.2) is 11.1 Å². The third-order valence-electron chi connectivity index (χ3n) is 2.46. The third kappa shape index (κ3) is 1.74. The number of fused-ring (bicyclic) bond motifs is 1. The number of phenolic OH excluding ortho intramolecular Hbond substituents is 1. The van der Waals surface area contributed by atoms with Gasteiger partial charge in [-0.05, 0) is 42.2 Å². The number of ether oxygens (including phenoxy) is 1. The summed E-state index contributed by atoms with van der Waals surface area (Å²) in [6, 6.07) is 3.86. The summed E-state index contributed by atoms with van der Waals surface area (Å²) < 4.78 is 5.29. The largest absolute Gasteiger partial charge is 0.508 e. The highest BCUT2D eigenvalue weighted by atomic mass is 16.5. The van der Waals surface area contributed by atoms with E-state index in [0.717, 1.165) is 11.1 Å². The van der Waals surface area contributed by atoms with E-state index in [9.17, 15) is 5.11 Å². The van der Waals surface area contributed by atoms with E-state index in [4.69, 9.17) is 10.5 Å². The van der Waals surface area contributed by atoms with Crippen LogP contribution in [0.15, 0.2) is 12.1 Å². The van der Waals surface area contributed by atoms with Crippen molar-refractivity contribution in [1.82, 2.24) is 0 Å². The van der Waals surface area contributed by atoms with Gasteiger partial charge in [-0.1, -0.05) is 0 Å². The van der Waals surface area contributed by atoms with Crippen LogP contribution in [0.4, 0.5) is 0 Å². The molecule has 0 aromatic heterocycles. The zero-order chi connectivity index (χ0) is 10.1. The van der Waals surface area contributed by atoms with Crippen LogP contribution in [0, 0.1) is 0 Å². The van der Waals surface area contributed by atoms with Crippen LogP contribution in [0.5, 0.6) is 5.75 Å². The third-order valence-corrected chi connectivity index (χ3v) is 2.46. The maximum absolute atomic E-state index is 9.71. The number of hydrogen-bond acceptors (Lipinski definition) is 3. The molecule has 0 saturated heterocycles. The lowest BCUT2D eigenvalue weighted by Gasteiger charge is -2.09. The van der Waals surface area contributed by atoms with E-state index in [0.29, 0.717) is 25.4 Å². The molecule has 0 saturated carbocycles. The highest BCUT2D eigenvalue weighted by Crippen LogP contribution is 2.28. The number of nitrogens with two attached hydrogens (primary N) is 1. The number of phenols is 1. The fraction of sp³-hybridized carbons (Fsp3) is 0.455. The van der Waals surface area contributed by atoms with E-state index in [-0.39, 0.29) is 6.04 Å². The molecule has 1 aromatic carbocycles. The maximum Gasteiger partial charge on any atom is 0.119 e. The Morgan fingerprint density at radius 3 is 2.71 bits per heavy atom. The summed E-state index contributed by atoms with van der Waals surface area (Å²) in [5.74, 6) is 0.339. The van der Waals surface area contributed by atoms with E-state index in [1.54, 1.807) is 6.07 Å². The van der Waals surface area contributed by atoms with Crippen LogP contribution >= 0.6 is 0 Å². The molecule has 76 valence electrons. The first-order valence-electron chi connectivity index (χ1n) is 4.84. The molecule has 0 amide bonds. The molecule has 1 aromatic rings. The minimum atomic E-state index is 0.0706. The van der Waals surface area contributed by atoms with Crippen LogP contribution in [0.1, 0.15) is 23.6 Å². The predicted molar refractivity (Wildman–Crippen MR) is 54.0 cm³/mol. The molecule has 0 bridgehead atoms. The van der Waals surface area contributed by atoms with Gasteiger partial charge in [-0.3, -0.25) is 0 Å². The number of rotatable bonds is 2. The first-order valence-corrected chi connectivity index (χ1v) is 4.84. The molecule has 0 spiro atoms. The van der Waals surface area contributed by atoms with Gasteiger partial charge >= 0.3 is 0 Å². The molecular formula is C11H15NO2. The highest BCUT2D eigenvalue weighted by Gasteiger charge is 2.15. The summed E-state index contributed by atoms with van der Waals surface area (Å²) in [4.78, 5) is 0. The average molecular weight is 193 g/mol. The van der Waals surface area contributed by atoms with Gasteiger partial charge < -0.3 is 15.6 Å². The topological polar surface area (TPSA) is 55.5 Å². The molecule has 0 fully saturated rings. The summed E-state index contributed by atoms with van der Waals surface area (Å²) in [5, 5.41) is 9.71. The number of hydrogen-bond donors (Lipinski definition) is 2. The smallest absolute Gasteiger partial charge is 0.119 e. The van der Waals surface area contributed by atoms with Crippen molar-refractivity contribution in [3.05, 3.63) is 28.8 Å². The monoisotopic (exact) mass is 193 g/mol. The molecule has 3 nitrogen and oxygen atoms in total. The van der Waals surface area contributed by atoms with E-state index >= 15 is 0 Å². The number of aromatic hydroxyl groups is 1. The van der Waals surface area contributed by atoms with Crippen molar-refractivity contribution in [3.63, 3.8) is 0 Å². The molecule has 1 aliphatic heterocycles. The Labute approximate surface area is 83.5 Å². The Bertz CT molecular complexity index is 347. The quantitative estimate of drug-likeness (QED) is 0.744. The second-order valence-electron chi connectivity index (χ2n) is 3.92. The highest BCUT2D eigenvalue weighted by molar-refractivity contribution is 5.43. The van der Waals surface area contributed by atoms with Gasteiger partial charge in [-0.2, -0.15) is 0 Å². The first-order chi connectivity index (χ1) is 6.66. The minimum Gasteiger partial charge on any atom is -0.508 e. The minimum absolute atomic E-state index is 0.0706. The number of benzene rings is 1. The second-order valence-corrected chi connectivity index (χ2v) is 3.92. The fourth-order valence-corrected chi connectivity index (χ4v) is 1.78. The lowest BCUT2D eigenvalue weighted by atomic mass is 10.0. The predicted octanol–water partition coefficient (Wildman–Crippen LogP) is 1.31. The van der Waals surface area contributed by atoms with E-state index in [2.05, 4.69) is 0 Å². The van der Waals surface area contributed by atoms with Crippen molar-refractivity contribution in [1.29, 1.82) is 0 Å². The molecule has 3 heteroatoms.